The molecule has 0 saturated carbocycles. The normalized spacial score (nSPS) is 12.9. The SMILES string of the molecule is [2H]c1cc(-c2oc3cc(O)cc(O)c3c(=O)c2[2H])cc([2H])c1O. The molecule has 5 heteroatoms. The summed E-state index contributed by atoms with van der Waals surface area (Å²) in [7, 11) is 0. The highest BCUT2D eigenvalue weighted by atomic mass is 16.3. The lowest BCUT2D eigenvalue weighted by Gasteiger charge is -2.05. The van der Waals surface area contributed by atoms with Crippen LogP contribution < -0.4 is 5.43 Å². The zero-order chi connectivity index (χ0) is 16.9. The fourth-order valence-corrected chi connectivity index (χ4v) is 1.83. The molecular formula is C15H10O5. The van der Waals surface area contributed by atoms with Crippen LogP contribution in [0, 0.1) is 0 Å². The first-order chi connectivity index (χ1) is 10.8. The standard InChI is InChI=1S/C15H10O5/c16-9-3-1-8(2-4-9)13-7-12(19)15-11(18)5-10(17)6-14(15)20-13/h1-7,16-18H/i3D,4D,7D. The molecule has 0 unspecified atom stereocenters. The largest absolute Gasteiger partial charge is 0.508 e. The Morgan fingerprint density at radius 1 is 1.05 bits per heavy atom. The highest BCUT2D eigenvalue weighted by molar-refractivity contribution is 5.85. The molecule has 0 bridgehead atoms. The topological polar surface area (TPSA) is 90.9 Å². The zero-order valence-corrected chi connectivity index (χ0v) is 9.97. The van der Waals surface area contributed by atoms with Gasteiger partial charge in [-0.05, 0) is 24.2 Å². The number of aromatic hydroxyl groups is 3. The Morgan fingerprint density at radius 3 is 2.45 bits per heavy atom. The number of benzene rings is 2. The number of phenols is 3. The van der Waals surface area contributed by atoms with E-state index in [-0.39, 0.29) is 40.1 Å². The van der Waals surface area contributed by atoms with E-state index in [2.05, 4.69) is 0 Å². The van der Waals surface area contributed by atoms with Gasteiger partial charge in [0.25, 0.3) is 0 Å². The van der Waals surface area contributed by atoms with Crippen molar-refractivity contribution in [2.45, 2.75) is 0 Å². The van der Waals surface area contributed by atoms with E-state index >= 15 is 0 Å². The van der Waals surface area contributed by atoms with Gasteiger partial charge in [-0.3, -0.25) is 4.79 Å². The molecule has 3 rings (SSSR count). The van der Waals surface area contributed by atoms with Gasteiger partial charge in [-0.25, -0.2) is 0 Å². The maximum atomic E-state index is 12.3. The summed E-state index contributed by atoms with van der Waals surface area (Å²) in [5.41, 5.74) is -0.862. The molecule has 0 fully saturated rings. The van der Waals surface area contributed by atoms with Crippen molar-refractivity contribution in [2.75, 3.05) is 0 Å². The molecule has 0 radical (unpaired) electrons. The summed E-state index contributed by atoms with van der Waals surface area (Å²) in [5.74, 6) is -1.59. The molecule has 1 heterocycles. The van der Waals surface area contributed by atoms with E-state index < -0.39 is 23.0 Å². The van der Waals surface area contributed by atoms with Crippen LogP contribution in [-0.2, 0) is 0 Å². The van der Waals surface area contributed by atoms with Crippen LogP contribution in [0.15, 0.2) is 51.6 Å². The Morgan fingerprint density at radius 2 is 1.75 bits per heavy atom. The molecule has 0 aliphatic rings. The van der Waals surface area contributed by atoms with Crippen molar-refractivity contribution in [3.05, 3.63) is 52.6 Å². The van der Waals surface area contributed by atoms with E-state index in [0.29, 0.717) is 0 Å². The molecule has 0 aliphatic carbocycles. The van der Waals surface area contributed by atoms with Gasteiger partial charge >= 0.3 is 0 Å². The van der Waals surface area contributed by atoms with E-state index in [9.17, 15) is 20.1 Å². The minimum Gasteiger partial charge on any atom is -0.508 e. The second-order valence-corrected chi connectivity index (χ2v) is 4.10. The third-order valence-electron chi connectivity index (χ3n) is 2.72. The zero-order valence-electron chi connectivity index (χ0n) is 13.0. The highest BCUT2D eigenvalue weighted by Gasteiger charge is 2.11. The van der Waals surface area contributed by atoms with Crippen molar-refractivity contribution >= 4 is 11.0 Å². The molecule has 0 atom stereocenters. The van der Waals surface area contributed by atoms with Gasteiger partial charge < -0.3 is 19.7 Å². The fraction of sp³-hybridized carbons (Fsp3) is 0. The minimum atomic E-state index is -0.815. The maximum absolute atomic E-state index is 12.3. The lowest BCUT2D eigenvalue weighted by Crippen LogP contribution is -2.00. The Labute approximate surface area is 117 Å². The summed E-state index contributed by atoms with van der Waals surface area (Å²) in [6.45, 7) is 0. The van der Waals surface area contributed by atoms with E-state index in [1.165, 1.54) is 0 Å². The fourth-order valence-electron chi connectivity index (χ4n) is 1.83. The van der Waals surface area contributed by atoms with Crippen LogP contribution in [0.2, 0.25) is 0 Å². The maximum Gasteiger partial charge on any atom is 0.197 e. The van der Waals surface area contributed by atoms with Crippen molar-refractivity contribution in [3.63, 3.8) is 0 Å². The van der Waals surface area contributed by atoms with Crippen molar-refractivity contribution in [1.29, 1.82) is 0 Å². The highest BCUT2D eigenvalue weighted by Crippen LogP contribution is 2.30. The number of hydrogen-bond donors (Lipinski definition) is 3. The predicted molar refractivity (Wildman–Crippen MR) is 72.9 cm³/mol. The van der Waals surface area contributed by atoms with Crippen molar-refractivity contribution in [3.8, 4) is 28.6 Å². The van der Waals surface area contributed by atoms with E-state index in [4.69, 9.17) is 8.53 Å². The molecule has 3 N–H and O–H groups in total. The quantitative estimate of drug-likeness (QED) is 0.634. The first kappa shape index (κ1) is 9.03. The first-order valence-corrected chi connectivity index (χ1v) is 5.59. The van der Waals surface area contributed by atoms with E-state index in [1.807, 2.05) is 0 Å². The summed E-state index contributed by atoms with van der Waals surface area (Å²) in [4.78, 5) is 12.3. The molecule has 3 aromatic rings. The molecule has 0 amide bonds. The number of phenolic OH excluding ortho intramolecular Hbond substituents is 3. The molecule has 1 aromatic heterocycles. The molecule has 2 aromatic carbocycles. The molecule has 20 heavy (non-hydrogen) atoms. The molecule has 0 aliphatic heterocycles. The summed E-state index contributed by atoms with van der Waals surface area (Å²) < 4.78 is 28.5. The van der Waals surface area contributed by atoms with Crippen LogP contribution in [0.1, 0.15) is 4.11 Å². The molecule has 5 nitrogen and oxygen atoms in total. The van der Waals surface area contributed by atoms with Gasteiger partial charge in [0.1, 0.15) is 34.0 Å². The van der Waals surface area contributed by atoms with E-state index in [1.54, 1.807) is 0 Å². The minimum absolute atomic E-state index is 0.0876. The molecule has 0 spiro atoms. The monoisotopic (exact) mass is 273 g/mol. The lowest BCUT2D eigenvalue weighted by atomic mass is 10.1. The van der Waals surface area contributed by atoms with Gasteiger partial charge in [0, 0.05) is 23.7 Å². The second kappa shape index (κ2) is 4.31. The summed E-state index contributed by atoms with van der Waals surface area (Å²) >= 11 is 0. The third kappa shape index (κ3) is 1.95. The van der Waals surface area contributed by atoms with Crippen LogP contribution in [0.4, 0.5) is 0 Å². The second-order valence-electron chi connectivity index (χ2n) is 4.10. The molecular weight excluding hydrogens is 260 g/mol. The van der Waals surface area contributed by atoms with Crippen molar-refractivity contribution < 1.29 is 23.8 Å². The smallest absolute Gasteiger partial charge is 0.197 e. The number of rotatable bonds is 1. The average Bonchev–Trinajstić information content (AvgIpc) is 2.47. The van der Waals surface area contributed by atoms with Crippen LogP contribution in [-0.4, -0.2) is 15.3 Å². The lowest BCUT2D eigenvalue weighted by molar-refractivity contribution is 0.452. The van der Waals surface area contributed by atoms with Gasteiger partial charge in [0.05, 0.1) is 4.11 Å². The van der Waals surface area contributed by atoms with Crippen molar-refractivity contribution in [2.24, 2.45) is 0 Å². The molecule has 100 valence electrons. The summed E-state index contributed by atoms with van der Waals surface area (Å²) in [6.07, 6.45) is 0. The van der Waals surface area contributed by atoms with Crippen LogP contribution >= 0.6 is 0 Å². The van der Waals surface area contributed by atoms with Crippen LogP contribution in [0.25, 0.3) is 22.3 Å². The average molecular weight is 273 g/mol. The first-order valence-electron chi connectivity index (χ1n) is 7.09. The van der Waals surface area contributed by atoms with Gasteiger partial charge in [-0.15, -0.1) is 0 Å². The molecule has 0 saturated heterocycles. The number of hydrogen-bond acceptors (Lipinski definition) is 5. The van der Waals surface area contributed by atoms with Crippen LogP contribution in [0.5, 0.6) is 17.2 Å². The Bertz CT molecular complexity index is 987. The van der Waals surface area contributed by atoms with Gasteiger partial charge in [-0.2, -0.15) is 0 Å². The van der Waals surface area contributed by atoms with E-state index in [0.717, 1.165) is 24.3 Å². The predicted octanol–water partition coefficient (Wildman–Crippen LogP) is 2.58. The van der Waals surface area contributed by atoms with Gasteiger partial charge in [0.2, 0.25) is 0 Å². The Kier molecular flexibility index (Phi) is 1.95. The third-order valence-corrected chi connectivity index (χ3v) is 2.72. The Balaban J connectivity index is 2.40. The van der Waals surface area contributed by atoms with Crippen molar-refractivity contribution in [1.82, 2.24) is 0 Å². The summed E-state index contributed by atoms with van der Waals surface area (Å²) in [5, 5.41) is 28.5. The van der Waals surface area contributed by atoms with Gasteiger partial charge in [0.15, 0.2) is 5.43 Å². The van der Waals surface area contributed by atoms with Crippen LogP contribution in [0.3, 0.4) is 0 Å². The summed E-state index contributed by atoms with van der Waals surface area (Å²) in [6, 6.07) is 3.10. The van der Waals surface area contributed by atoms with Gasteiger partial charge in [-0.1, -0.05) is 0 Å². The number of fused-ring (bicyclic) bond motifs is 1. The Hall–Kier alpha value is -2.95.